The van der Waals surface area contributed by atoms with E-state index in [1.54, 1.807) is 0 Å². The lowest BCUT2D eigenvalue weighted by atomic mass is 9.98. The summed E-state index contributed by atoms with van der Waals surface area (Å²) < 4.78 is 0. The molecule has 0 amide bonds. The first-order valence-corrected chi connectivity index (χ1v) is 7.55. The molecule has 0 spiro atoms. The highest BCUT2D eigenvalue weighted by molar-refractivity contribution is 6.31. The summed E-state index contributed by atoms with van der Waals surface area (Å²) in [5.74, 6) is 0. The van der Waals surface area contributed by atoms with Crippen molar-refractivity contribution in [3.63, 3.8) is 0 Å². The Morgan fingerprint density at radius 1 is 1.10 bits per heavy atom. The molecular weight excluding hydrogens is 266 g/mol. The minimum Gasteiger partial charge on any atom is -0.313 e. The van der Waals surface area contributed by atoms with Crippen LogP contribution in [0.2, 0.25) is 5.02 Å². The van der Waals surface area contributed by atoms with Gasteiger partial charge in [-0.3, -0.25) is 0 Å². The fourth-order valence-electron chi connectivity index (χ4n) is 2.53. The van der Waals surface area contributed by atoms with Crippen molar-refractivity contribution in [3.05, 3.63) is 70.2 Å². The van der Waals surface area contributed by atoms with Gasteiger partial charge in [-0.25, -0.2) is 0 Å². The van der Waals surface area contributed by atoms with Crippen LogP contribution < -0.4 is 5.32 Å². The third kappa shape index (κ3) is 4.09. The minimum absolute atomic E-state index is 0.326. The molecular formula is C18H22ClN. The molecule has 0 fully saturated rings. The molecule has 0 saturated carbocycles. The van der Waals surface area contributed by atoms with Gasteiger partial charge in [0.15, 0.2) is 0 Å². The molecule has 2 heteroatoms. The van der Waals surface area contributed by atoms with Gasteiger partial charge in [-0.2, -0.15) is 0 Å². The second-order valence-electron chi connectivity index (χ2n) is 5.24. The van der Waals surface area contributed by atoms with Crippen LogP contribution in [-0.4, -0.2) is 7.05 Å². The lowest BCUT2D eigenvalue weighted by molar-refractivity contribution is 0.527. The number of hydrogen-bond acceptors (Lipinski definition) is 1. The molecule has 0 bridgehead atoms. The summed E-state index contributed by atoms with van der Waals surface area (Å²) in [6.07, 6.45) is 3.36. The van der Waals surface area contributed by atoms with E-state index in [1.165, 1.54) is 16.7 Å². The molecule has 106 valence electrons. The van der Waals surface area contributed by atoms with Crippen LogP contribution in [0.15, 0.2) is 48.5 Å². The summed E-state index contributed by atoms with van der Waals surface area (Å²) in [4.78, 5) is 0. The van der Waals surface area contributed by atoms with Gasteiger partial charge in [-0.05, 0) is 56.0 Å². The van der Waals surface area contributed by atoms with Crippen LogP contribution in [0.4, 0.5) is 0 Å². The average molecular weight is 288 g/mol. The van der Waals surface area contributed by atoms with Crippen molar-refractivity contribution in [2.24, 2.45) is 0 Å². The van der Waals surface area contributed by atoms with Gasteiger partial charge in [0.05, 0.1) is 0 Å². The normalized spacial score (nSPS) is 12.3. The fraction of sp³-hybridized carbons (Fsp3) is 0.333. The van der Waals surface area contributed by atoms with Crippen molar-refractivity contribution in [1.82, 2.24) is 5.32 Å². The summed E-state index contributed by atoms with van der Waals surface area (Å²) in [6.45, 7) is 2.07. The van der Waals surface area contributed by atoms with Gasteiger partial charge in [-0.1, -0.05) is 54.1 Å². The molecule has 2 aromatic rings. The molecule has 1 nitrogen and oxygen atoms in total. The number of rotatable bonds is 6. The van der Waals surface area contributed by atoms with Crippen LogP contribution in [0.25, 0.3) is 0 Å². The molecule has 0 radical (unpaired) electrons. The van der Waals surface area contributed by atoms with Crippen LogP contribution >= 0.6 is 11.6 Å². The zero-order valence-corrected chi connectivity index (χ0v) is 13.0. The standard InChI is InChI=1S/C18H22ClN/c1-14-11-12-16(17(19)13-14)18(20-2)10-6-9-15-7-4-3-5-8-15/h3-5,7-8,11-13,18,20H,6,9-10H2,1-2H3. The summed E-state index contributed by atoms with van der Waals surface area (Å²) in [5, 5.41) is 4.25. The van der Waals surface area contributed by atoms with Gasteiger partial charge in [0.25, 0.3) is 0 Å². The van der Waals surface area contributed by atoms with E-state index in [0.29, 0.717) is 6.04 Å². The van der Waals surface area contributed by atoms with E-state index in [0.717, 1.165) is 24.3 Å². The highest BCUT2D eigenvalue weighted by Crippen LogP contribution is 2.27. The molecule has 0 aromatic heterocycles. The molecule has 0 saturated heterocycles. The van der Waals surface area contributed by atoms with Crippen molar-refractivity contribution >= 4 is 11.6 Å². The third-order valence-corrected chi connectivity index (χ3v) is 4.01. The van der Waals surface area contributed by atoms with Crippen molar-refractivity contribution in [2.75, 3.05) is 7.05 Å². The first kappa shape index (κ1) is 15.1. The molecule has 2 rings (SSSR count). The smallest absolute Gasteiger partial charge is 0.0456 e. The van der Waals surface area contributed by atoms with Crippen molar-refractivity contribution < 1.29 is 0 Å². The Morgan fingerprint density at radius 2 is 1.85 bits per heavy atom. The van der Waals surface area contributed by atoms with E-state index in [-0.39, 0.29) is 0 Å². The van der Waals surface area contributed by atoms with Gasteiger partial charge < -0.3 is 5.32 Å². The molecule has 1 N–H and O–H groups in total. The maximum Gasteiger partial charge on any atom is 0.0456 e. The van der Waals surface area contributed by atoms with Crippen molar-refractivity contribution in [1.29, 1.82) is 0 Å². The van der Waals surface area contributed by atoms with Crippen LogP contribution in [0.1, 0.15) is 35.6 Å². The summed E-state index contributed by atoms with van der Waals surface area (Å²) in [6, 6.07) is 17.3. The topological polar surface area (TPSA) is 12.0 Å². The van der Waals surface area contributed by atoms with Gasteiger partial charge in [0.1, 0.15) is 0 Å². The Kier molecular flexibility index (Phi) is 5.63. The fourth-order valence-corrected chi connectivity index (χ4v) is 2.89. The second-order valence-corrected chi connectivity index (χ2v) is 5.65. The van der Waals surface area contributed by atoms with Gasteiger partial charge in [0, 0.05) is 11.1 Å². The van der Waals surface area contributed by atoms with Crippen LogP contribution in [0, 0.1) is 6.92 Å². The van der Waals surface area contributed by atoms with Crippen LogP contribution in [-0.2, 0) is 6.42 Å². The molecule has 0 aliphatic rings. The Balaban J connectivity index is 1.95. The SMILES string of the molecule is CNC(CCCc1ccccc1)c1ccc(C)cc1Cl. The van der Waals surface area contributed by atoms with Gasteiger partial charge in [0.2, 0.25) is 0 Å². The highest BCUT2D eigenvalue weighted by Gasteiger charge is 2.12. The summed E-state index contributed by atoms with van der Waals surface area (Å²) in [5.41, 5.74) is 3.81. The second kappa shape index (κ2) is 7.47. The zero-order chi connectivity index (χ0) is 14.4. The number of nitrogens with one attached hydrogen (secondary N) is 1. The number of benzene rings is 2. The van der Waals surface area contributed by atoms with Crippen molar-refractivity contribution in [2.45, 2.75) is 32.2 Å². The van der Waals surface area contributed by atoms with Gasteiger partial charge >= 0.3 is 0 Å². The predicted octanol–water partition coefficient (Wildman–Crippen LogP) is 4.93. The molecule has 1 atom stereocenters. The largest absolute Gasteiger partial charge is 0.313 e. The quantitative estimate of drug-likeness (QED) is 0.794. The highest BCUT2D eigenvalue weighted by atomic mass is 35.5. The number of hydrogen-bond donors (Lipinski definition) is 1. The monoisotopic (exact) mass is 287 g/mol. The van der Waals surface area contributed by atoms with E-state index >= 15 is 0 Å². The molecule has 20 heavy (non-hydrogen) atoms. The van der Waals surface area contributed by atoms with Gasteiger partial charge in [-0.15, -0.1) is 0 Å². The van der Waals surface area contributed by atoms with E-state index in [4.69, 9.17) is 11.6 Å². The van der Waals surface area contributed by atoms with E-state index in [9.17, 15) is 0 Å². The Labute approximate surface area is 127 Å². The lowest BCUT2D eigenvalue weighted by Gasteiger charge is -2.18. The number of aryl methyl sites for hydroxylation is 2. The molecule has 0 aliphatic heterocycles. The Hall–Kier alpha value is -1.31. The summed E-state index contributed by atoms with van der Waals surface area (Å²) >= 11 is 6.36. The maximum absolute atomic E-state index is 6.36. The van der Waals surface area contributed by atoms with Crippen LogP contribution in [0.5, 0.6) is 0 Å². The molecule has 0 heterocycles. The Morgan fingerprint density at radius 3 is 2.50 bits per heavy atom. The molecule has 0 aliphatic carbocycles. The molecule has 2 aromatic carbocycles. The number of halogens is 1. The van der Waals surface area contributed by atoms with Crippen LogP contribution in [0.3, 0.4) is 0 Å². The maximum atomic E-state index is 6.36. The molecule has 1 unspecified atom stereocenters. The van der Waals surface area contributed by atoms with E-state index in [1.807, 2.05) is 13.1 Å². The lowest BCUT2D eigenvalue weighted by Crippen LogP contribution is -2.17. The predicted molar refractivity (Wildman–Crippen MR) is 87.4 cm³/mol. The van der Waals surface area contributed by atoms with E-state index in [2.05, 4.69) is 54.7 Å². The van der Waals surface area contributed by atoms with E-state index < -0.39 is 0 Å². The average Bonchev–Trinajstić information content (AvgIpc) is 2.46. The third-order valence-electron chi connectivity index (χ3n) is 3.68. The Bertz CT molecular complexity index is 536. The summed E-state index contributed by atoms with van der Waals surface area (Å²) in [7, 11) is 2.00. The minimum atomic E-state index is 0.326. The van der Waals surface area contributed by atoms with Crippen molar-refractivity contribution in [3.8, 4) is 0 Å². The first-order valence-electron chi connectivity index (χ1n) is 7.18. The zero-order valence-electron chi connectivity index (χ0n) is 12.2. The first-order chi connectivity index (χ1) is 9.70.